The first-order valence-corrected chi connectivity index (χ1v) is 8.93. The monoisotopic (exact) mass is 355 g/mol. The third-order valence-corrected chi connectivity index (χ3v) is 5.47. The van der Waals surface area contributed by atoms with E-state index in [1.165, 1.54) is 0 Å². The molecule has 1 aliphatic heterocycles. The first-order valence-electron chi connectivity index (χ1n) is 8.93. The molecule has 0 bridgehead atoms. The molecule has 1 N–H and O–H groups in total. The molecule has 2 aromatic rings. The summed E-state index contributed by atoms with van der Waals surface area (Å²) in [6, 6.07) is 9.61. The van der Waals surface area contributed by atoms with Gasteiger partial charge in [-0.05, 0) is 31.4 Å². The molecule has 26 heavy (non-hydrogen) atoms. The number of hydrogen-bond acceptors (Lipinski definition) is 3. The molecule has 0 radical (unpaired) electrons. The van der Waals surface area contributed by atoms with Gasteiger partial charge in [-0.2, -0.15) is 5.10 Å². The molecule has 1 aliphatic rings. The van der Waals surface area contributed by atoms with Gasteiger partial charge < -0.3 is 10.0 Å². The van der Waals surface area contributed by atoms with Crippen molar-refractivity contribution in [1.82, 2.24) is 14.7 Å². The minimum atomic E-state index is -0.840. The van der Waals surface area contributed by atoms with E-state index in [2.05, 4.69) is 5.10 Å². The van der Waals surface area contributed by atoms with Crippen LogP contribution < -0.4 is 0 Å². The third kappa shape index (κ3) is 3.49. The second kappa shape index (κ2) is 7.32. The quantitative estimate of drug-likeness (QED) is 0.893. The van der Waals surface area contributed by atoms with Crippen molar-refractivity contribution in [3.63, 3.8) is 0 Å². The summed E-state index contributed by atoms with van der Waals surface area (Å²) in [6.07, 6.45) is 1.01. The van der Waals surface area contributed by atoms with Crippen molar-refractivity contribution < 1.29 is 14.7 Å². The molecule has 2 heterocycles. The van der Waals surface area contributed by atoms with Gasteiger partial charge in [0, 0.05) is 38.2 Å². The minimum absolute atomic E-state index is 0.0114. The van der Waals surface area contributed by atoms with E-state index in [0.29, 0.717) is 19.4 Å². The predicted octanol–water partition coefficient (Wildman–Crippen LogP) is 2.30. The second-order valence-electron chi connectivity index (χ2n) is 7.03. The highest BCUT2D eigenvalue weighted by molar-refractivity contribution is 5.80. The summed E-state index contributed by atoms with van der Waals surface area (Å²) in [7, 11) is 1.90. The zero-order valence-corrected chi connectivity index (χ0v) is 15.5. The van der Waals surface area contributed by atoms with Gasteiger partial charge in [0.15, 0.2) is 0 Å². The Balaban J connectivity index is 1.69. The fraction of sp³-hybridized carbons (Fsp3) is 0.450. The van der Waals surface area contributed by atoms with Crippen molar-refractivity contribution in [1.29, 1.82) is 0 Å². The summed E-state index contributed by atoms with van der Waals surface area (Å²) in [5.41, 5.74) is 4.11. The van der Waals surface area contributed by atoms with Gasteiger partial charge in [-0.15, -0.1) is 0 Å². The predicted molar refractivity (Wildman–Crippen MR) is 97.9 cm³/mol. The number of aromatic nitrogens is 2. The maximum atomic E-state index is 12.7. The summed E-state index contributed by atoms with van der Waals surface area (Å²) in [5.74, 6) is -1.53. The maximum absolute atomic E-state index is 12.7. The van der Waals surface area contributed by atoms with Gasteiger partial charge in [-0.25, -0.2) is 0 Å². The van der Waals surface area contributed by atoms with Gasteiger partial charge in [-0.3, -0.25) is 14.3 Å². The Hall–Kier alpha value is -2.63. The van der Waals surface area contributed by atoms with Crippen LogP contribution >= 0.6 is 0 Å². The van der Waals surface area contributed by atoms with E-state index < -0.39 is 11.9 Å². The van der Waals surface area contributed by atoms with E-state index in [9.17, 15) is 14.7 Å². The van der Waals surface area contributed by atoms with Crippen LogP contribution in [0, 0.1) is 19.8 Å². The van der Waals surface area contributed by atoms with Crippen LogP contribution in [0.3, 0.4) is 0 Å². The van der Waals surface area contributed by atoms with Crippen molar-refractivity contribution in [3.05, 3.63) is 52.8 Å². The Labute approximate surface area is 153 Å². The lowest BCUT2D eigenvalue weighted by atomic mass is 9.89. The molecule has 138 valence electrons. The lowest BCUT2D eigenvalue weighted by molar-refractivity contribution is -0.141. The zero-order chi connectivity index (χ0) is 18.8. The molecule has 0 spiro atoms. The average Bonchev–Trinajstić information content (AvgIpc) is 3.17. The van der Waals surface area contributed by atoms with Crippen LogP contribution in [-0.4, -0.2) is 44.8 Å². The van der Waals surface area contributed by atoms with Crippen molar-refractivity contribution in [2.45, 2.75) is 32.6 Å². The molecule has 1 fully saturated rings. The van der Waals surface area contributed by atoms with Crippen molar-refractivity contribution in [2.24, 2.45) is 13.0 Å². The van der Waals surface area contributed by atoms with Crippen LogP contribution in [0.4, 0.5) is 0 Å². The average molecular weight is 355 g/mol. The summed E-state index contributed by atoms with van der Waals surface area (Å²) < 4.78 is 1.83. The van der Waals surface area contributed by atoms with Gasteiger partial charge in [0.1, 0.15) is 0 Å². The first-order chi connectivity index (χ1) is 12.4. The number of carbonyl (C=O) groups excluding carboxylic acids is 1. The SMILES string of the molecule is Cc1nn(C)c(C)c1CCC(=O)N1C[C@H](C(=O)O)[C@H](c2ccccc2)C1. The molecule has 1 amide bonds. The largest absolute Gasteiger partial charge is 0.481 e. The topological polar surface area (TPSA) is 75.4 Å². The van der Waals surface area contributed by atoms with E-state index in [-0.39, 0.29) is 18.4 Å². The van der Waals surface area contributed by atoms with Gasteiger partial charge in [0.25, 0.3) is 0 Å². The Kier molecular flexibility index (Phi) is 5.11. The Morgan fingerprint density at radius 3 is 2.46 bits per heavy atom. The number of aryl methyl sites for hydroxylation is 2. The highest BCUT2D eigenvalue weighted by Crippen LogP contribution is 2.33. The smallest absolute Gasteiger partial charge is 0.308 e. The molecule has 6 nitrogen and oxygen atoms in total. The Morgan fingerprint density at radius 1 is 1.19 bits per heavy atom. The molecule has 0 saturated carbocycles. The maximum Gasteiger partial charge on any atom is 0.308 e. The third-order valence-electron chi connectivity index (χ3n) is 5.47. The molecular weight excluding hydrogens is 330 g/mol. The van der Waals surface area contributed by atoms with E-state index in [0.717, 1.165) is 22.5 Å². The number of hydrogen-bond donors (Lipinski definition) is 1. The summed E-state index contributed by atoms with van der Waals surface area (Å²) in [4.78, 5) is 26.1. The van der Waals surface area contributed by atoms with Crippen LogP contribution in [0.2, 0.25) is 0 Å². The molecule has 3 rings (SSSR count). The number of carboxylic acid groups (broad SMARTS) is 1. The molecule has 2 atom stereocenters. The summed E-state index contributed by atoms with van der Waals surface area (Å²) in [5, 5.41) is 14.0. The van der Waals surface area contributed by atoms with E-state index in [1.807, 2.05) is 55.9 Å². The fourth-order valence-corrected chi connectivity index (χ4v) is 3.86. The molecule has 6 heteroatoms. The van der Waals surface area contributed by atoms with Gasteiger partial charge in [0.2, 0.25) is 5.91 Å². The van der Waals surface area contributed by atoms with Crippen molar-refractivity contribution in [3.8, 4) is 0 Å². The molecule has 1 aromatic carbocycles. The van der Waals surface area contributed by atoms with Crippen LogP contribution in [0.1, 0.15) is 34.9 Å². The first kappa shape index (κ1) is 18.2. The standard InChI is InChI=1S/C20H25N3O3/c1-13-16(14(2)22(3)21-13)9-10-19(24)23-11-17(18(12-23)20(25)26)15-7-5-4-6-8-15/h4-8,17-18H,9-12H2,1-3H3,(H,25,26)/t17-,18-/m0/s1. The number of benzene rings is 1. The number of aliphatic carboxylic acids is 1. The normalized spacial score (nSPS) is 19.7. The second-order valence-corrected chi connectivity index (χ2v) is 7.03. The highest BCUT2D eigenvalue weighted by atomic mass is 16.4. The number of likely N-dealkylation sites (tertiary alicyclic amines) is 1. The minimum Gasteiger partial charge on any atom is -0.481 e. The molecule has 0 unspecified atom stereocenters. The van der Waals surface area contributed by atoms with Crippen LogP contribution in [0.15, 0.2) is 30.3 Å². The lowest BCUT2D eigenvalue weighted by Gasteiger charge is -2.16. The van der Waals surface area contributed by atoms with Crippen LogP contribution in [0.25, 0.3) is 0 Å². The van der Waals surface area contributed by atoms with E-state index in [1.54, 1.807) is 4.90 Å². The van der Waals surface area contributed by atoms with Gasteiger partial charge in [-0.1, -0.05) is 30.3 Å². The zero-order valence-electron chi connectivity index (χ0n) is 15.5. The lowest BCUT2D eigenvalue weighted by Crippen LogP contribution is -2.30. The van der Waals surface area contributed by atoms with E-state index in [4.69, 9.17) is 0 Å². The van der Waals surface area contributed by atoms with Crippen molar-refractivity contribution in [2.75, 3.05) is 13.1 Å². The Bertz CT molecular complexity index is 813. The van der Waals surface area contributed by atoms with Crippen LogP contribution in [-0.2, 0) is 23.1 Å². The number of nitrogens with zero attached hydrogens (tertiary/aromatic N) is 3. The fourth-order valence-electron chi connectivity index (χ4n) is 3.86. The van der Waals surface area contributed by atoms with Crippen molar-refractivity contribution >= 4 is 11.9 Å². The molecular formula is C20H25N3O3. The van der Waals surface area contributed by atoms with Crippen LogP contribution in [0.5, 0.6) is 0 Å². The number of carboxylic acids is 1. The number of rotatable bonds is 5. The Morgan fingerprint density at radius 2 is 1.88 bits per heavy atom. The van der Waals surface area contributed by atoms with E-state index >= 15 is 0 Å². The highest BCUT2D eigenvalue weighted by Gasteiger charge is 2.40. The molecule has 1 saturated heterocycles. The summed E-state index contributed by atoms with van der Waals surface area (Å²) in [6.45, 7) is 4.69. The number of carbonyl (C=O) groups is 2. The number of amides is 1. The molecule has 0 aliphatic carbocycles. The summed E-state index contributed by atoms with van der Waals surface area (Å²) >= 11 is 0. The molecule has 1 aromatic heterocycles. The van der Waals surface area contributed by atoms with Gasteiger partial charge >= 0.3 is 5.97 Å². The van der Waals surface area contributed by atoms with Gasteiger partial charge in [0.05, 0.1) is 11.6 Å².